The molecule has 0 saturated carbocycles. The molecule has 0 aliphatic carbocycles. The van der Waals surface area contributed by atoms with Crippen LogP contribution in [-0.4, -0.2) is 53.9 Å². The molecule has 0 radical (unpaired) electrons. The van der Waals surface area contributed by atoms with Crippen molar-refractivity contribution in [1.29, 1.82) is 0 Å². The minimum atomic E-state index is -4.40. The summed E-state index contributed by atoms with van der Waals surface area (Å²) in [5.41, 5.74) is 5.07. The lowest BCUT2D eigenvalue weighted by Crippen LogP contribution is -2.70. The molecular weight excluding hydrogens is 376 g/mol. The molecule has 2 heterocycles. The second-order valence-electron chi connectivity index (χ2n) is 5.18. The second kappa shape index (κ2) is 7.35. The van der Waals surface area contributed by atoms with Crippen LogP contribution in [0.15, 0.2) is 17.5 Å². The van der Waals surface area contributed by atoms with E-state index >= 15 is 0 Å². The number of rotatable bonds is 7. The predicted octanol–water partition coefficient (Wildman–Crippen LogP) is -1.05. The molecule has 0 spiro atoms. The summed E-state index contributed by atoms with van der Waals surface area (Å²) in [5, 5.41) is 7.19. The molecule has 0 aromatic carbocycles. The zero-order valence-electron chi connectivity index (χ0n) is 12.9. The van der Waals surface area contributed by atoms with Crippen LogP contribution in [0.3, 0.4) is 0 Å². The predicted molar refractivity (Wildman–Crippen MR) is 85.5 cm³/mol. The van der Waals surface area contributed by atoms with Crippen molar-refractivity contribution in [1.82, 2.24) is 15.7 Å². The molecule has 3 atom stereocenters. The van der Waals surface area contributed by atoms with Crippen molar-refractivity contribution in [2.24, 2.45) is 5.73 Å². The van der Waals surface area contributed by atoms with Crippen LogP contribution in [0.1, 0.15) is 17.8 Å². The molecule has 1 aliphatic heterocycles. The molecule has 1 fully saturated rings. The fraction of sp³-hybridized carbons (Fsp3) is 0.417. The number of hydrogen-bond acceptors (Lipinski definition) is 7. The van der Waals surface area contributed by atoms with Crippen LogP contribution < -0.4 is 16.4 Å². The van der Waals surface area contributed by atoms with Gasteiger partial charge in [0.15, 0.2) is 0 Å². The summed E-state index contributed by atoms with van der Waals surface area (Å²) < 4.78 is 29.9. The highest BCUT2D eigenvalue weighted by molar-refractivity contribution is 7.85. The Balaban J connectivity index is 2.00. The lowest BCUT2D eigenvalue weighted by atomic mass is 9.99. The summed E-state index contributed by atoms with van der Waals surface area (Å²) in [6.07, 6.45) is 0. The van der Waals surface area contributed by atoms with Crippen LogP contribution in [0.5, 0.6) is 0 Å². The number of carbonyl (C=O) groups excluding carboxylic acids is 3. The summed E-state index contributed by atoms with van der Waals surface area (Å²) in [6.45, 7) is 1.51. The Morgan fingerprint density at radius 1 is 1.52 bits per heavy atom. The summed E-state index contributed by atoms with van der Waals surface area (Å²) in [7, 11) is -4.40. The number of urea groups is 1. The number of carbonyl (C=O) groups is 3. The number of nitrogens with two attached hydrogens (primary N) is 1. The Morgan fingerprint density at radius 3 is 2.68 bits per heavy atom. The van der Waals surface area contributed by atoms with Gasteiger partial charge >= 0.3 is 6.03 Å². The highest BCUT2D eigenvalue weighted by Gasteiger charge is 2.48. The monoisotopic (exact) mass is 392 g/mol. The third kappa shape index (κ3) is 4.66. The number of nitrogens with zero attached hydrogens (tertiary/aromatic N) is 1. The number of nitrogens with one attached hydrogen (secondary N) is 2. The largest absolute Gasteiger partial charge is 0.352 e. The zero-order valence-corrected chi connectivity index (χ0v) is 14.5. The van der Waals surface area contributed by atoms with Crippen molar-refractivity contribution in [2.75, 3.05) is 5.94 Å². The van der Waals surface area contributed by atoms with Crippen molar-refractivity contribution < 1.29 is 32.2 Å². The summed E-state index contributed by atoms with van der Waals surface area (Å²) in [6, 6.07) is -0.296. The molecule has 13 heteroatoms. The van der Waals surface area contributed by atoms with Crippen LogP contribution in [-0.2, 0) is 24.5 Å². The Hall–Kier alpha value is -2.22. The third-order valence-corrected chi connectivity index (χ3v) is 4.69. The zero-order chi connectivity index (χ0) is 18.8. The molecule has 25 heavy (non-hydrogen) atoms. The molecule has 11 nitrogen and oxygen atoms in total. The van der Waals surface area contributed by atoms with Crippen LogP contribution in [0.4, 0.5) is 4.79 Å². The van der Waals surface area contributed by atoms with E-state index in [1.54, 1.807) is 17.5 Å². The molecule has 1 aliphatic rings. The summed E-state index contributed by atoms with van der Waals surface area (Å²) >= 11 is 1.22. The fourth-order valence-corrected chi connectivity index (χ4v) is 3.20. The first kappa shape index (κ1) is 19.1. The smallest absolute Gasteiger partial charge is 0.313 e. The van der Waals surface area contributed by atoms with E-state index in [4.69, 9.17) is 10.3 Å². The maximum absolute atomic E-state index is 12.4. The number of primary amides is 1. The van der Waals surface area contributed by atoms with E-state index in [0.29, 0.717) is 4.88 Å². The van der Waals surface area contributed by atoms with Crippen molar-refractivity contribution in [3.05, 3.63) is 22.4 Å². The van der Waals surface area contributed by atoms with Gasteiger partial charge < -0.3 is 16.4 Å². The Labute approximate surface area is 146 Å². The number of hydrogen-bond donors (Lipinski definition) is 4. The van der Waals surface area contributed by atoms with Gasteiger partial charge in [-0.1, -0.05) is 6.07 Å². The normalized spacial score (nSPS) is 21.4. The van der Waals surface area contributed by atoms with Crippen LogP contribution >= 0.6 is 11.3 Å². The van der Waals surface area contributed by atoms with Gasteiger partial charge in [-0.3, -0.25) is 19.0 Å². The Kier molecular flexibility index (Phi) is 5.62. The first-order valence-corrected chi connectivity index (χ1v) is 9.40. The molecule has 1 aromatic rings. The number of thiophene rings is 1. The molecular formula is C12H16N4O7S2. The van der Waals surface area contributed by atoms with Gasteiger partial charge in [0.2, 0.25) is 11.8 Å². The molecule has 4 amide bonds. The van der Waals surface area contributed by atoms with Gasteiger partial charge in [0.1, 0.15) is 12.1 Å². The molecule has 1 aromatic heterocycles. The fourth-order valence-electron chi connectivity index (χ4n) is 2.18. The SMILES string of the molecule is C[C@@H]1[C@H](NC(=O)C(NC(N)=O)c2cccs2)C(=O)N1OCS(=O)(=O)O. The van der Waals surface area contributed by atoms with Gasteiger partial charge in [0.05, 0.1) is 6.04 Å². The first-order valence-electron chi connectivity index (χ1n) is 6.91. The van der Waals surface area contributed by atoms with Gasteiger partial charge in [-0.15, -0.1) is 11.3 Å². The summed E-state index contributed by atoms with van der Waals surface area (Å²) in [5.74, 6) is -2.42. The van der Waals surface area contributed by atoms with Crippen LogP contribution in [0, 0.1) is 0 Å². The van der Waals surface area contributed by atoms with Gasteiger partial charge in [0.25, 0.3) is 16.0 Å². The van der Waals surface area contributed by atoms with E-state index in [1.165, 1.54) is 18.3 Å². The lowest BCUT2D eigenvalue weighted by molar-refractivity contribution is -0.224. The van der Waals surface area contributed by atoms with Gasteiger partial charge in [-0.05, 0) is 18.4 Å². The average Bonchev–Trinajstić information content (AvgIpc) is 3.02. The van der Waals surface area contributed by atoms with Crippen molar-refractivity contribution in [3.8, 4) is 0 Å². The number of amides is 4. The molecule has 0 bridgehead atoms. The van der Waals surface area contributed by atoms with E-state index in [0.717, 1.165) is 5.06 Å². The third-order valence-electron chi connectivity index (χ3n) is 3.35. The van der Waals surface area contributed by atoms with Crippen molar-refractivity contribution >= 4 is 39.3 Å². The topological polar surface area (TPSA) is 168 Å². The second-order valence-corrected chi connectivity index (χ2v) is 7.56. The van der Waals surface area contributed by atoms with E-state index in [1.807, 2.05) is 0 Å². The standard InChI is InChI=1S/C12H16N4O7S2/c1-6-8(11(18)16(6)23-5-25(20,21)22)14-10(17)9(15-12(13)19)7-3-2-4-24-7/h2-4,6,8-9H,5H2,1H3,(H,14,17)(H3,13,15,19)(H,20,21,22)/t6-,8+,9?/m1/s1. The Bertz CT molecular complexity index is 764. The highest BCUT2D eigenvalue weighted by atomic mass is 32.2. The minimum absolute atomic E-state index is 0.523. The van der Waals surface area contributed by atoms with Crippen LogP contribution in [0.2, 0.25) is 0 Å². The van der Waals surface area contributed by atoms with Gasteiger partial charge in [0, 0.05) is 4.88 Å². The minimum Gasteiger partial charge on any atom is -0.352 e. The average molecular weight is 392 g/mol. The first-order chi connectivity index (χ1) is 11.6. The molecule has 5 N–H and O–H groups in total. The van der Waals surface area contributed by atoms with E-state index < -0.39 is 52.0 Å². The summed E-state index contributed by atoms with van der Waals surface area (Å²) in [4.78, 5) is 40.6. The molecule has 1 saturated heterocycles. The van der Waals surface area contributed by atoms with Crippen molar-refractivity contribution in [2.45, 2.75) is 25.0 Å². The van der Waals surface area contributed by atoms with Gasteiger partial charge in [-0.2, -0.15) is 8.42 Å². The van der Waals surface area contributed by atoms with Crippen molar-refractivity contribution in [3.63, 3.8) is 0 Å². The maximum Gasteiger partial charge on any atom is 0.313 e. The lowest BCUT2D eigenvalue weighted by Gasteiger charge is -2.43. The van der Waals surface area contributed by atoms with E-state index in [9.17, 15) is 22.8 Å². The maximum atomic E-state index is 12.4. The van der Waals surface area contributed by atoms with Gasteiger partial charge in [-0.25, -0.2) is 9.86 Å². The van der Waals surface area contributed by atoms with E-state index in [2.05, 4.69) is 15.5 Å². The number of β-lactam (4-membered cyclic amide) rings is 1. The molecule has 138 valence electrons. The molecule has 2 rings (SSSR count). The Morgan fingerprint density at radius 2 is 2.20 bits per heavy atom. The van der Waals surface area contributed by atoms with Crippen LogP contribution in [0.25, 0.3) is 0 Å². The van der Waals surface area contributed by atoms with E-state index in [-0.39, 0.29) is 0 Å². The molecule has 1 unspecified atom stereocenters. The number of hydroxylamine groups is 2. The highest BCUT2D eigenvalue weighted by Crippen LogP contribution is 2.23. The quantitative estimate of drug-likeness (QED) is 0.339.